The molecule has 2 aromatic heterocycles. The third-order valence-electron chi connectivity index (χ3n) is 3.97. The minimum absolute atomic E-state index is 0.352. The molecule has 0 bridgehead atoms. The molecule has 0 radical (unpaired) electrons. The zero-order valence-corrected chi connectivity index (χ0v) is 12.3. The Hall–Kier alpha value is -2.81. The predicted octanol–water partition coefficient (Wildman–Crippen LogP) is 4.82. The molecule has 0 aliphatic heterocycles. The van der Waals surface area contributed by atoms with Crippen molar-refractivity contribution in [1.29, 1.82) is 0 Å². The molecule has 0 amide bonds. The van der Waals surface area contributed by atoms with Gasteiger partial charge in [-0.15, -0.1) is 0 Å². The highest BCUT2D eigenvalue weighted by atomic mass is 16.4. The molecule has 0 aliphatic rings. The van der Waals surface area contributed by atoms with Gasteiger partial charge in [0.2, 0.25) is 0 Å². The Morgan fingerprint density at radius 3 is 2.45 bits per heavy atom. The molecule has 22 heavy (non-hydrogen) atoms. The second kappa shape index (κ2) is 4.60. The maximum absolute atomic E-state index is 12.3. The first kappa shape index (κ1) is 12.9. The van der Waals surface area contributed by atoms with Crippen molar-refractivity contribution in [3.63, 3.8) is 0 Å². The molecule has 0 spiro atoms. The fourth-order valence-electron chi connectivity index (χ4n) is 2.88. The molecule has 2 heterocycles. The van der Waals surface area contributed by atoms with Crippen LogP contribution in [-0.2, 0) is 0 Å². The summed E-state index contributed by atoms with van der Waals surface area (Å²) in [7, 11) is 0. The monoisotopic (exact) mass is 290 g/mol. The van der Waals surface area contributed by atoms with Gasteiger partial charge in [-0.05, 0) is 26.0 Å². The van der Waals surface area contributed by atoms with Crippen molar-refractivity contribution in [2.24, 2.45) is 0 Å². The second-order valence-corrected chi connectivity index (χ2v) is 5.52. The van der Waals surface area contributed by atoms with Crippen LogP contribution in [0, 0.1) is 13.8 Å². The first-order chi connectivity index (χ1) is 10.6. The minimum Gasteiger partial charge on any atom is -0.455 e. The first-order valence-electron chi connectivity index (χ1n) is 7.17. The number of benzene rings is 2. The summed E-state index contributed by atoms with van der Waals surface area (Å²) >= 11 is 0. The normalized spacial score (nSPS) is 11.4. The predicted molar refractivity (Wildman–Crippen MR) is 87.2 cm³/mol. The van der Waals surface area contributed by atoms with Gasteiger partial charge in [0.15, 0.2) is 5.58 Å². The maximum Gasteiger partial charge on any atom is 0.347 e. The lowest BCUT2D eigenvalue weighted by molar-refractivity contribution is 0.565. The summed E-state index contributed by atoms with van der Waals surface area (Å²) in [5, 5.41) is 1.36. The van der Waals surface area contributed by atoms with Crippen LogP contribution in [-0.4, -0.2) is 0 Å². The molecule has 3 nitrogen and oxygen atoms in total. The molecule has 0 N–H and O–H groups in total. The number of hydrogen-bond acceptors (Lipinski definition) is 3. The summed E-state index contributed by atoms with van der Waals surface area (Å²) in [5.74, 6) is 0.719. The number of furan rings is 1. The minimum atomic E-state index is -0.352. The third-order valence-corrected chi connectivity index (χ3v) is 3.97. The molecular formula is C19H14O3. The lowest BCUT2D eigenvalue weighted by Crippen LogP contribution is -1.99. The van der Waals surface area contributed by atoms with E-state index >= 15 is 0 Å². The van der Waals surface area contributed by atoms with Crippen molar-refractivity contribution in [1.82, 2.24) is 0 Å². The zero-order valence-electron chi connectivity index (χ0n) is 12.3. The number of aryl methyl sites for hydroxylation is 2. The SMILES string of the molecule is Cc1ccc2oc(=O)c3c(C)c(-c4ccccc4)oc3c2c1. The molecule has 0 fully saturated rings. The number of rotatable bonds is 1. The summed E-state index contributed by atoms with van der Waals surface area (Å²) < 4.78 is 11.5. The second-order valence-electron chi connectivity index (χ2n) is 5.52. The third kappa shape index (κ3) is 1.79. The Bertz CT molecular complexity index is 1050. The molecule has 3 heteroatoms. The Morgan fingerprint density at radius 1 is 0.909 bits per heavy atom. The van der Waals surface area contributed by atoms with E-state index in [0.717, 1.165) is 27.8 Å². The van der Waals surface area contributed by atoms with Gasteiger partial charge in [0.05, 0.1) is 5.39 Å². The molecule has 4 rings (SSSR count). The summed E-state index contributed by atoms with van der Waals surface area (Å²) in [5.41, 5.74) is 3.67. The highest BCUT2D eigenvalue weighted by Crippen LogP contribution is 2.35. The molecule has 0 saturated heterocycles. The number of hydrogen-bond donors (Lipinski definition) is 0. The van der Waals surface area contributed by atoms with Gasteiger partial charge in [-0.3, -0.25) is 0 Å². The molecule has 2 aromatic carbocycles. The van der Waals surface area contributed by atoms with Crippen LogP contribution in [0.25, 0.3) is 33.3 Å². The molecule has 108 valence electrons. The number of fused-ring (bicyclic) bond motifs is 3. The maximum atomic E-state index is 12.3. The topological polar surface area (TPSA) is 43.4 Å². The van der Waals surface area contributed by atoms with Crippen LogP contribution >= 0.6 is 0 Å². The van der Waals surface area contributed by atoms with Crippen LogP contribution in [0.1, 0.15) is 11.1 Å². The van der Waals surface area contributed by atoms with E-state index in [1.165, 1.54) is 0 Å². The lowest BCUT2D eigenvalue weighted by atomic mass is 10.1. The van der Waals surface area contributed by atoms with E-state index in [2.05, 4.69) is 0 Å². The van der Waals surface area contributed by atoms with Gasteiger partial charge >= 0.3 is 5.63 Å². The van der Waals surface area contributed by atoms with Crippen LogP contribution in [0.2, 0.25) is 0 Å². The summed E-state index contributed by atoms with van der Waals surface area (Å²) in [4.78, 5) is 12.3. The molecule has 0 atom stereocenters. The van der Waals surface area contributed by atoms with E-state index in [4.69, 9.17) is 8.83 Å². The largest absolute Gasteiger partial charge is 0.455 e. The van der Waals surface area contributed by atoms with Crippen LogP contribution in [0.5, 0.6) is 0 Å². The average molecular weight is 290 g/mol. The van der Waals surface area contributed by atoms with Gasteiger partial charge in [-0.1, -0.05) is 42.0 Å². The quantitative estimate of drug-likeness (QED) is 0.472. The van der Waals surface area contributed by atoms with Crippen LogP contribution in [0.15, 0.2) is 62.2 Å². The molecule has 4 aromatic rings. The van der Waals surface area contributed by atoms with Crippen LogP contribution in [0.3, 0.4) is 0 Å². The van der Waals surface area contributed by atoms with Crippen molar-refractivity contribution < 1.29 is 8.83 Å². The van der Waals surface area contributed by atoms with E-state index in [0.29, 0.717) is 16.6 Å². The molecule has 0 unspecified atom stereocenters. The molecule has 0 aliphatic carbocycles. The van der Waals surface area contributed by atoms with Gasteiger partial charge in [0.25, 0.3) is 0 Å². The zero-order chi connectivity index (χ0) is 15.3. The van der Waals surface area contributed by atoms with E-state index in [1.54, 1.807) is 0 Å². The highest BCUT2D eigenvalue weighted by molar-refractivity contribution is 6.04. The van der Waals surface area contributed by atoms with Gasteiger partial charge in [0.1, 0.15) is 16.7 Å². The summed E-state index contributed by atoms with van der Waals surface area (Å²) in [6.07, 6.45) is 0. The van der Waals surface area contributed by atoms with E-state index in [9.17, 15) is 4.79 Å². The molecular weight excluding hydrogens is 276 g/mol. The van der Waals surface area contributed by atoms with Gasteiger partial charge < -0.3 is 8.83 Å². The van der Waals surface area contributed by atoms with E-state index in [-0.39, 0.29) is 5.63 Å². The fraction of sp³-hybridized carbons (Fsp3) is 0.105. The Kier molecular flexibility index (Phi) is 2.70. The average Bonchev–Trinajstić information content (AvgIpc) is 2.88. The van der Waals surface area contributed by atoms with Gasteiger partial charge in [-0.25, -0.2) is 4.79 Å². The van der Waals surface area contributed by atoms with Crippen molar-refractivity contribution in [3.05, 3.63) is 70.1 Å². The van der Waals surface area contributed by atoms with Crippen molar-refractivity contribution in [2.75, 3.05) is 0 Å². The Labute approximate surface area is 126 Å². The standard InChI is InChI=1S/C19H14O3/c1-11-8-9-15-14(10-11)18-16(19(20)21-15)12(2)17(22-18)13-6-4-3-5-7-13/h3-10H,1-2H3. The molecule has 0 saturated carbocycles. The van der Waals surface area contributed by atoms with E-state index in [1.807, 2.05) is 62.4 Å². The fourth-order valence-corrected chi connectivity index (χ4v) is 2.88. The highest BCUT2D eigenvalue weighted by Gasteiger charge is 2.19. The Morgan fingerprint density at radius 2 is 1.68 bits per heavy atom. The smallest absolute Gasteiger partial charge is 0.347 e. The van der Waals surface area contributed by atoms with Crippen LogP contribution in [0.4, 0.5) is 0 Å². The van der Waals surface area contributed by atoms with Crippen molar-refractivity contribution in [2.45, 2.75) is 13.8 Å². The van der Waals surface area contributed by atoms with Crippen molar-refractivity contribution >= 4 is 21.9 Å². The van der Waals surface area contributed by atoms with Gasteiger partial charge in [0, 0.05) is 11.1 Å². The summed E-state index contributed by atoms with van der Waals surface area (Å²) in [6.45, 7) is 3.90. The van der Waals surface area contributed by atoms with E-state index < -0.39 is 0 Å². The lowest BCUT2D eigenvalue weighted by Gasteiger charge is -1.99. The summed E-state index contributed by atoms with van der Waals surface area (Å²) in [6, 6.07) is 15.5. The Balaban J connectivity index is 2.17. The van der Waals surface area contributed by atoms with Gasteiger partial charge in [-0.2, -0.15) is 0 Å². The van der Waals surface area contributed by atoms with Crippen molar-refractivity contribution in [3.8, 4) is 11.3 Å². The first-order valence-corrected chi connectivity index (χ1v) is 7.17. The van der Waals surface area contributed by atoms with Crippen LogP contribution < -0.4 is 5.63 Å².